The van der Waals surface area contributed by atoms with E-state index in [9.17, 15) is 14.7 Å². The summed E-state index contributed by atoms with van der Waals surface area (Å²) in [6, 6.07) is 3.55. The minimum absolute atomic E-state index is 0.194. The van der Waals surface area contributed by atoms with Crippen LogP contribution in [0.3, 0.4) is 0 Å². The summed E-state index contributed by atoms with van der Waals surface area (Å²) in [5.74, 6) is -1.02. The van der Waals surface area contributed by atoms with Gasteiger partial charge in [-0.05, 0) is 30.9 Å². The Morgan fingerprint density at radius 3 is 2.58 bits per heavy atom. The van der Waals surface area contributed by atoms with E-state index in [1.807, 2.05) is 0 Å². The van der Waals surface area contributed by atoms with Gasteiger partial charge in [0, 0.05) is 18.3 Å². The fourth-order valence-electron chi connectivity index (χ4n) is 1.90. The Bertz CT molecular complexity index is 497. The highest BCUT2D eigenvalue weighted by atomic mass is 16.4. The molecule has 2 amide bonds. The summed E-state index contributed by atoms with van der Waals surface area (Å²) in [6.07, 6.45) is 3.52. The van der Waals surface area contributed by atoms with Crippen LogP contribution in [0.15, 0.2) is 18.2 Å². The first-order valence-corrected chi connectivity index (χ1v) is 6.17. The zero-order valence-electron chi connectivity index (χ0n) is 10.3. The fraction of sp³-hybridized carbons (Fsp3) is 0.385. The molecule has 1 aliphatic carbocycles. The van der Waals surface area contributed by atoms with E-state index in [0.29, 0.717) is 18.2 Å². The molecule has 0 aromatic heterocycles. The molecule has 1 fully saturated rings. The number of benzene rings is 1. The monoisotopic (exact) mass is 264 g/mol. The lowest BCUT2D eigenvalue weighted by molar-refractivity contribution is 0.0694. The Kier molecular flexibility index (Phi) is 3.89. The van der Waals surface area contributed by atoms with Gasteiger partial charge < -0.3 is 20.8 Å². The minimum atomic E-state index is -1.21. The third-order valence-corrected chi connectivity index (χ3v) is 3.26. The molecule has 0 spiro atoms. The molecule has 1 saturated carbocycles. The first-order chi connectivity index (χ1) is 9.06. The number of aromatic carboxylic acids is 1. The van der Waals surface area contributed by atoms with Gasteiger partial charge >= 0.3 is 12.0 Å². The number of anilines is 1. The first kappa shape index (κ1) is 13.2. The second kappa shape index (κ2) is 5.60. The number of phenols is 1. The number of urea groups is 1. The molecule has 6 nitrogen and oxygen atoms in total. The largest absolute Gasteiger partial charge is 0.507 e. The van der Waals surface area contributed by atoms with Crippen molar-refractivity contribution >= 4 is 17.7 Å². The van der Waals surface area contributed by atoms with Crippen molar-refractivity contribution in [3.8, 4) is 5.75 Å². The molecule has 0 aliphatic heterocycles. The van der Waals surface area contributed by atoms with Crippen LogP contribution in [0.5, 0.6) is 5.75 Å². The highest BCUT2D eigenvalue weighted by Gasteiger charge is 2.18. The van der Waals surface area contributed by atoms with Crippen LogP contribution in [0.25, 0.3) is 0 Å². The van der Waals surface area contributed by atoms with Crippen molar-refractivity contribution in [2.75, 3.05) is 11.9 Å². The number of hydrogen-bond donors (Lipinski definition) is 4. The number of carbonyl (C=O) groups excluding carboxylic acids is 1. The van der Waals surface area contributed by atoms with Gasteiger partial charge in [-0.2, -0.15) is 0 Å². The van der Waals surface area contributed by atoms with Crippen molar-refractivity contribution in [3.63, 3.8) is 0 Å². The molecule has 0 heterocycles. The maximum Gasteiger partial charge on any atom is 0.339 e. The number of hydrogen-bond acceptors (Lipinski definition) is 3. The average molecular weight is 264 g/mol. The predicted octanol–water partition coefficient (Wildman–Crippen LogP) is 2.01. The molecule has 1 aliphatic rings. The Hall–Kier alpha value is -2.24. The predicted molar refractivity (Wildman–Crippen MR) is 69.4 cm³/mol. The van der Waals surface area contributed by atoms with Gasteiger partial charge in [-0.1, -0.05) is 6.42 Å². The lowest BCUT2D eigenvalue weighted by Crippen LogP contribution is -2.35. The standard InChI is InChI=1S/C13H16N2O4/c16-11-6-9(4-5-10(11)12(17)18)15-13(19)14-7-8-2-1-3-8/h4-6,8,16H,1-3,7H2,(H,17,18)(H2,14,15,19). The molecule has 1 aromatic rings. The molecule has 2 rings (SSSR count). The van der Waals surface area contributed by atoms with Gasteiger partial charge in [0.05, 0.1) is 0 Å². The molecule has 0 unspecified atom stereocenters. The Balaban J connectivity index is 1.89. The Labute approximate surface area is 110 Å². The quantitative estimate of drug-likeness (QED) is 0.668. The van der Waals surface area contributed by atoms with E-state index in [1.54, 1.807) is 0 Å². The maximum absolute atomic E-state index is 11.6. The van der Waals surface area contributed by atoms with Crippen molar-refractivity contribution in [1.82, 2.24) is 5.32 Å². The van der Waals surface area contributed by atoms with Crippen LogP contribution < -0.4 is 10.6 Å². The van der Waals surface area contributed by atoms with Gasteiger partial charge in [0.15, 0.2) is 0 Å². The van der Waals surface area contributed by atoms with Crippen LogP contribution in [0, 0.1) is 5.92 Å². The lowest BCUT2D eigenvalue weighted by Gasteiger charge is -2.25. The van der Waals surface area contributed by atoms with Crippen molar-refractivity contribution < 1.29 is 19.8 Å². The second-order valence-corrected chi connectivity index (χ2v) is 4.67. The normalized spacial score (nSPS) is 14.5. The zero-order valence-corrected chi connectivity index (χ0v) is 10.3. The highest BCUT2D eigenvalue weighted by Crippen LogP contribution is 2.25. The van der Waals surface area contributed by atoms with Gasteiger partial charge in [-0.25, -0.2) is 9.59 Å². The van der Waals surface area contributed by atoms with E-state index in [2.05, 4.69) is 10.6 Å². The van der Waals surface area contributed by atoms with E-state index < -0.39 is 5.97 Å². The lowest BCUT2D eigenvalue weighted by atomic mass is 9.85. The number of rotatable bonds is 4. The van der Waals surface area contributed by atoms with Crippen molar-refractivity contribution in [1.29, 1.82) is 0 Å². The zero-order chi connectivity index (χ0) is 13.8. The minimum Gasteiger partial charge on any atom is -0.507 e. The van der Waals surface area contributed by atoms with Gasteiger partial charge in [0.25, 0.3) is 0 Å². The van der Waals surface area contributed by atoms with Crippen molar-refractivity contribution in [2.24, 2.45) is 5.92 Å². The molecular weight excluding hydrogens is 248 g/mol. The number of aromatic hydroxyl groups is 1. The van der Waals surface area contributed by atoms with Gasteiger partial charge in [0.2, 0.25) is 0 Å². The summed E-state index contributed by atoms with van der Waals surface area (Å²) in [7, 11) is 0. The van der Waals surface area contributed by atoms with Gasteiger partial charge in [-0.3, -0.25) is 0 Å². The topological polar surface area (TPSA) is 98.7 Å². The van der Waals surface area contributed by atoms with Crippen molar-refractivity contribution in [3.05, 3.63) is 23.8 Å². The summed E-state index contributed by atoms with van der Waals surface area (Å²) in [5.41, 5.74) is 0.161. The molecule has 6 heteroatoms. The van der Waals surface area contributed by atoms with E-state index >= 15 is 0 Å². The Morgan fingerprint density at radius 1 is 1.32 bits per heavy atom. The van der Waals surface area contributed by atoms with Crippen LogP contribution >= 0.6 is 0 Å². The summed E-state index contributed by atoms with van der Waals surface area (Å²) < 4.78 is 0. The Morgan fingerprint density at radius 2 is 2.05 bits per heavy atom. The third-order valence-electron chi connectivity index (χ3n) is 3.26. The first-order valence-electron chi connectivity index (χ1n) is 6.17. The molecule has 0 radical (unpaired) electrons. The molecule has 19 heavy (non-hydrogen) atoms. The van der Waals surface area contributed by atoms with Gasteiger partial charge in [0.1, 0.15) is 11.3 Å². The van der Waals surface area contributed by atoms with E-state index in [-0.39, 0.29) is 17.3 Å². The maximum atomic E-state index is 11.6. The van der Waals surface area contributed by atoms with Gasteiger partial charge in [-0.15, -0.1) is 0 Å². The SMILES string of the molecule is O=C(NCC1CCC1)Nc1ccc(C(=O)O)c(O)c1. The molecule has 1 aromatic carbocycles. The average Bonchev–Trinajstić information content (AvgIpc) is 2.26. The highest BCUT2D eigenvalue weighted by molar-refractivity contribution is 5.93. The number of nitrogens with one attached hydrogen (secondary N) is 2. The van der Waals surface area contributed by atoms with Crippen LogP contribution in [0.1, 0.15) is 29.6 Å². The summed E-state index contributed by atoms with van der Waals surface area (Å²) >= 11 is 0. The number of carboxylic acids is 1. The molecule has 0 saturated heterocycles. The second-order valence-electron chi connectivity index (χ2n) is 4.67. The van der Waals surface area contributed by atoms with E-state index in [0.717, 1.165) is 12.8 Å². The van der Waals surface area contributed by atoms with Crippen LogP contribution in [-0.4, -0.2) is 28.8 Å². The number of carboxylic acid groups (broad SMARTS) is 1. The number of amides is 2. The number of carbonyl (C=O) groups is 2. The summed E-state index contributed by atoms with van der Waals surface area (Å²) in [5, 5.41) is 23.5. The summed E-state index contributed by atoms with van der Waals surface area (Å²) in [4.78, 5) is 22.3. The van der Waals surface area contributed by atoms with Crippen LogP contribution in [0.2, 0.25) is 0 Å². The van der Waals surface area contributed by atoms with Crippen LogP contribution in [-0.2, 0) is 0 Å². The summed E-state index contributed by atoms with van der Waals surface area (Å²) in [6.45, 7) is 0.644. The molecular formula is C13H16N2O4. The fourth-order valence-corrected chi connectivity index (χ4v) is 1.90. The van der Waals surface area contributed by atoms with E-state index in [1.165, 1.54) is 24.6 Å². The molecule has 0 bridgehead atoms. The van der Waals surface area contributed by atoms with E-state index in [4.69, 9.17) is 5.11 Å². The smallest absolute Gasteiger partial charge is 0.339 e. The molecule has 4 N–H and O–H groups in total. The van der Waals surface area contributed by atoms with Crippen LogP contribution in [0.4, 0.5) is 10.5 Å². The molecule has 102 valence electrons. The third kappa shape index (κ3) is 3.37. The molecule has 0 atom stereocenters. The van der Waals surface area contributed by atoms with Crippen molar-refractivity contribution in [2.45, 2.75) is 19.3 Å².